The molecule has 6 nitrogen and oxygen atoms in total. The van der Waals surface area contributed by atoms with Crippen LogP contribution in [-0.4, -0.2) is 65.4 Å². The molecular formula is C23H29N5O. The molecule has 0 aliphatic carbocycles. The van der Waals surface area contributed by atoms with E-state index in [4.69, 9.17) is 0 Å². The summed E-state index contributed by atoms with van der Waals surface area (Å²) in [6, 6.07) is 18.6. The maximum absolute atomic E-state index is 12.5. The standard InChI is InChI=1S/C23H29N5O/c1-27-13-15-28(16-14-27)21(18-7-3-2-4-8-18)17-24-23(29)12-11-22-25-19-9-5-6-10-20(19)26-22/h2-10,21H,11-17H2,1H3,(H,24,29)(H,25,26)/t21-/m0/s1. The fourth-order valence-corrected chi connectivity index (χ4v) is 3.92. The number of carbonyl (C=O) groups is 1. The molecule has 152 valence electrons. The van der Waals surface area contributed by atoms with Crippen LogP contribution in [0.2, 0.25) is 0 Å². The molecule has 3 aromatic rings. The third kappa shape index (κ3) is 5.02. The Morgan fingerprint density at radius 3 is 2.55 bits per heavy atom. The molecule has 0 radical (unpaired) electrons. The molecule has 4 rings (SSSR count). The number of piperazine rings is 1. The number of aromatic amines is 1. The van der Waals surface area contributed by atoms with Gasteiger partial charge >= 0.3 is 0 Å². The van der Waals surface area contributed by atoms with Gasteiger partial charge in [0.1, 0.15) is 5.82 Å². The molecule has 1 saturated heterocycles. The Bertz CT molecular complexity index is 898. The van der Waals surface area contributed by atoms with Gasteiger partial charge < -0.3 is 15.2 Å². The zero-order chi connectivity index (χ0) is 20.1. The zero-order valence-corrected chi connectivity index (χ0v) is 17.0. The summed E-state index contributed by atoms with van der Waals surface area (Å²) in [5.74, 6) is 0.931. The van der Waals surface area contributed by atoms with E-state index in [-0.39, 0.29) is 11.9 Å². The van der Waals surface area contributed by atoms with Crippen molar-refractivity contribution in [1.82, 2.24) is 25.1 Å². The molecule has 1 amide bonds. The Labute approximate surface area is 171 Å². The first-order chi connectivity index (χ1) is 14.2. The SMILES string of the molecule is CN1CCN([C@@H](CNC(=O)CCc2nc3ccccc3[nH]2)c2ccccc2)CC1. The summed E-state index contributed by atoms with van der Waals surface area (Å²) in [6.07, 6.45) is 1.05. The van der Waals surface area contributed by atoms with Crippen molar-refractivity contribution in [3.8, 4) is 0 Å². The van der Waals surface area contributed by atoms with Gasteiger partial charge in [0.25, 0.3) is 0 Å². The van der Waals surface area contributed by atoms with E-state index in [0.717, 1.165) is 43.0 Å². The van der Waals surface area contributed by atoms with Gasteiger partial charge in [-0.1, -0.05) is 42.5 Å². The van der Waals surface area contributed by atoms with E-state index in [9.17, 15) is 4.79 Å². The molecule has 0 saturated carbocycles. The average Bonchev–Trinajstić information content (AvgIpc) is 3.17. The van der Waals surface area contributed by atoms with E-state index in [1.165, 1.54) is 5.56 Å². The van der Waals surface area contributed by atoms with Crippen LogP contribution in [0, 0.1) is 0 Å². The highest BCUT2D eigenvalue weighted by molar-refractivity contribution is 5.77. The molecule has 1 aliphatic rings. The minimum absolute atomic E-state index is 0.0699. The van der Waals surface area contributed by atoms with Crippen molar-refractivity contribution in [2.45, 2.75) is 18.9 Å². The summed E-state index contributed by atoms with van der Waals surface area (Å²) in [7, 11) is 2.16. The number of aryl methyl sites for hydroxylation is 1. The number of fused-ring (bicyclic) bond motifs is 1. The highest BCUT2D eigenvalue weighted by Gasteiger charge is 2.24. The van der Waals surface area contributed by atoms with Gasteiger partial charge in [-0.3, -0.25) is 9.69 Å². The number of hydrogen-bond donors (Lipinski definition) is 2. The van der Waals surface area contributed by atoms with Crippen molar-refractivity contribution in [3.05, 3.63) is 66.0 Å². The number of para-hydroxylation sites is 2. The van der Waals surface area contributed by atoms with Gasteiger partial charge in [-0.15, -0.1) is 0 Å². The summed E-state index contributed by atoms with van der Waals surface area (Å²) in [6.45, 7) is 4.79. The van der Waals surface area contributed by atoms with Crippen LogP contribution in [0.15, 0.2) is 54.6 Å². The van der Waals surface area contributed by atoms with Gasteiger partial charge in [0.15, 0.2) is 0 Å². The number of nitrogens with zero attached hydrogens (tertiary/aromatic N) is 3. The van der Waals surface area contributed by atoms with Gasteiger partial charge in [-0.05, 0) is 24.7 Å². The van der Waals surface area contributed by atoms with Crippen LogP contribution in [0.1, 0.15) is 23.9 Å². The topological polar surface area (TPSA) is 64.3 Å². The van der Waals surface area contributed by atoms with Crippen LogP contribution in [-0.2, 0) is 11.2 Å². The largest absolute Gasteiger partial charge is 0.354 e. The van der Waals surface area contributed by atoms with Crippen molar-refractivity contribution in [1.29, 1.82) is 0 Å². The number of carbonyl (C=O) groups excluding carboxylic acids is 1. The number of likely N-dealkylation sites (N-methyl/N-ethyl adjacent to an activating group) is 1. The number of nitrogens with one attached hydrogen (secondary N) is 2. The molecule has 2 heterocycles. The molecule has 0 bridgehead atoms. The maximum atomic E-state index is 12.5. The Morgan fingerprint density at radius 2 is 1.79 bits per heavy atom. The summed E-state index contributed by atoms with van der Waals surface area (Å²) >= 11 is 0. The molecular weight excluding hydrogens is 362 g/mol. The van der Waals surface area contributed by atoms with Crippen LogP contribution in [0.25, 0.3) is 11.0 Å². The number of rotatable bonds is 7. The average molecular weight is 392 g/mol. The second kappa shape index (κ2) is 9.20. The fourth-order valence-electron chi connectivity index (χ4n) is 3.92. The minimum atomic E-state index is 0.0699. The number of hydrogen-bond acceptors (Lipinski definition) is 4. The minimum Gasteiger partial charge on any atom is -0.354 e. The van der Waals surface area contributed by atoms with Crippen molar-refractivity contribution in [2.75, 3.05) is 39.8 Å². The Balaban J connectivity index is 1.34. The number of H-pyrrole nitrogens is 1. The molecule has 1 aliphatic heterocycles. The molecule has 29 heavy (non-hydrogen) atoms. The lowest BCUT2D eigenvalue weighted by Gasteiger charge is -2.38. The van der Waals surface area contributed by atoms with Crippen LogP contribution >= 0.6 is 0 Å². The predicted octanol–water partition coefficient (Wildman–Crippen LogP) is 2.60. The number of amides is 1. The van der Waals surface area contributed by atoms with E-state index in [0.29, 0.717) is 19.4 Å². The van der Waals surface area contributed by atoms with Crippen molar-refractivity contribution in [2.24, 2.45) is 0 Å². The van der Waals surface area contributed by atoms with E-state index in [2.05, 4.69) is 56.4 Å². The molecule has 1 fully saturated rings. The number of imidazole rings is 1. The second-order valence-electron chi connectivity index (χ2n) is 7.77. The highest BCUT2D eigenvalue weighted by Crippen LogP contribution is 2.21. The first-order valence-corrected chi connectivity index (χ1v) is 10.4. The first kappa shape index (κ1) is 19.6. The first-order valence-electron chi connectivity index (χ1n) is 10.4. The summed E-state index contributed by atoms with van der Waals surface area (Å²) in [5, 5.41) is 3.16. The highest BCUT2D eigenvalue weighted by atomic mass is 16.1. The van der Waals surface area contributed by atoms with Gasteiger partial charge in [-0.2, -0.15) is 0 Å². The number of benzene rings is 2. The quantitative estimate of drug-likeness (QED) is 0.650. The monoisotopic (exact) mass is 391 g/mol. The van der Waals surface area contributed by atoms with Crippen LogP contribution in [0.3, 0.4) is 0 Å². The van der Waals surface area contributed by atoms with Gasteiger partial charge in [0.05, 0.1) is 17.1 Å². The van der Waals surface area contributed by atoms with Crippen molar-refractivity contribution < 1.29 is 4.79 Å². The summed E-state index contributed by atoms with van der Waals surface area (Å²) < 4.78 is 0. The maximum Gasteiger partial charge on any atom is 0.220 e. The fraction of sp³-hybridized carbons (Fsp3) is 0.391. The van der Waals surface area contributed by atoms with Crippen LogP contribution < -0.4 is 5.32 Å². The molecule has 1 aromatic heterocycles. The predicted molar refractivity (Wildman–Crippen MR) is 116 cm³/mol. The van der Waals surface area contributed by atoms with Gasteiger partial charge in [-0.25, -0.2) is 4.98 Å². The summed E-state index contributed by atoms with van der Waals surface area (Å²) in [4.78, 5) is 25.2. The van der Waals surface area contributed by atoms with E-state index < -0.39 is 0 Å². The lowest BCUT2D eigenvalue weighted by atomic mass is 10.0. The van der Waals surface area contributed by atoms with Crippen LogP contribution in [0.5, 0.6) is 0 Å². The summed E-state index contributed by atoms with van der Waals surface area (Å²) in [5.41, 5.74) is 3.22. The lowest BCUT2D eigenvalue weighted by molar-refractivity contribution is -0.121. The van der Waals surface area contributed by atoms with Crippen LogP contribution in [0.4, 0.5) is 0 Å². The molecule has 6 heteroatoms. The van der Waals surface area contributed by atoms with Crippen molar-refractivity contribution in [3.63, 3.8) is 0 Å². The lowest BCUT2D eigenvalue weighted by Crippen LogP contribution is -2.48. The smallest absolute Gasteiger partial charge is 0.220 e. The van der Waals surface area contributed by atoms with Gasteiger partial charge in [0, 0.05) is 45.6 Å². The molecule has 0 unspecified atom stereocenters. The molecule has 0 spiro atoms. The van der Waals surface area contributed by atoms with Crippen molar-refractivity contribution >= 4 is 16.9 Å². The van der Waals surface area contributed by atoms with E-state index in [1.807, 2.05) is 30.3 Å². The second-order valence-corrected chi connectivity index (χ2v) is 7.77. The molecule has 1 atom stereocenters. The number of aromatic nitrogens is 2. The molecule has 2 N–H and O–H groups in total. The molecule has 2 aromatic carbocycles. The normalized spacial score (nSPS) is 16.7. The van der Waals surface area contributed by atoms with E-state index in [1.54, 1.807) is 0 Å². The third-order valence-electron chi connectivity index (χ3n) is 5.68. The van der Waals surface area contributed by atoms with E-state index >= 15 is 0 Å². The Morgan fingerprint density at radius 1 is 1.07 bits per heavy atom. The Kier molecular flexibility index (Phi) is 6.22. The third-order valence-corrected chi connectivity index (χ3v) is 5.68. The Hall–Kier alpha value is -2.70. The zero-order valence-electron chi connectivity index (χ0n) is 17.0. The van der Waals surface area contributed by atoms with Gasteiger partial charge in [0.2, 0.25) is 5.91 Å².